The molecule has 1 aromatic carbocycles. The van der Waals surface area contributed by atoms with Gasteiger partial charge in [-0.2, -0.15) is 0 Å². The first-order valence-corrected chi connectivity index (χ1v) is 6.69. The van der Waals surface area contributed by atoms with Crippen LogP contribution in [0.5, 0.6) is 0 Å². The van der Waals surface area contributed by atoms with Crippen LogP contribution in [0.3, 0.4) is 0 Å². The summed E-state index contributed by atoms with van der Waals surface area (Å²) in [4.78, 5) is 11.8. The lowest BCUT2D eigenvalue weighted by Crippen LogP contribution is -2.15. The zero-order chi connectivity index (χ0) is 14.8. The molecule has 2 aliphatic heterocycles. The summed E-state index contributed by atoms with van der Waals surface area (Å²) < 4.78 is 26.8. The van der Waals surface area contributed by atoms with Crippen molar-refractivity contribution in [3.8, 4) is 0 Å². The van der Waals surface area contributed by atoms with Crippen LogP contribution in [0.4, 0.5) is 5.69 Å². The molecule has 7 nitrogen and oxygen atoms in total. The van der Waals surface area contributed by atoms with Crippen LogP contribution in [0.2, 0.25) is 0 Å². The quantitative estimate of drug-likeness (QED) is 0.660. The van der Waals surface area contributed by atoms with Gasteiger partial charge in [0.2, 0.25) is 0 Å². The van der Waals surface area contributed by atoms with Crippen LogP contribution in [-0.4, -0.2) is 39.5 Å². The van der Waals surface area contributed by atoms with Gasteiger partial charge in [0.15, 0.2) is 12.6 Å². The van der Waals surface area contributed by atoms with E-state index in [0.29, 0.717) is 37.6 Å². The molecule has 0 bridgehead atoms. The van der Waals surface area contributed by atoms with Gasteiger partial charge in [0.05, 0.1) is 44.8 Å². The molecule has 0 spiro atoms. The summed E-state index contributed by atoms with van der Waals surface area (Å²) >= 11 is 0. The molecule has 114 valence electrons. The first kappa shape index (κ1) is 14.3. The summed E-state index contributed by atoms with van der Waals surface area (Å²) in [6.07, 6.45) is -1.15. The second-order valence-electron chi connectivity index (χ2n) is 4.67. The largest absolute Gasteiger partial charge is 0.465 e. The monoisotopic (exact) mass is 295 g/mol. The van der Waals surface area contributed by atoms with Gasteiger partial charge < -0.3 is 29.4 Å². The van der Waals surface area contributed by atoms with Crippen molar-refractivity contribution in [1.82, 2.24) is 0 Å². The number of methoxy groups -OCH3 is 1. The molecule has 2 saturated heterocycles. The number of anilines is 1. The van der Waals surface area contributed by atoms with Crippen molar-refractivity contribution in [2.45, 2.75) is 12.6 Å². The maximum absolute atomic E-state index is 11.8. The summed E-state index contributed by atoms with van der Waals surface area (Å²) in [5.74, 6) is -0.508. The molecule has 1 aromatic rings. The van der Waals surface area contributed by atoms with Gasteiger partial charge in [-0.25, -0.2) is 4.79 Å². The number of nitrogen functional groups attached to an aromatic ring is 1. The number of rotatable bonds is 3. The first-order valence-electron chi connectivity index (χ1n) is 6.69. The van der Waals surface area contributed by atoms with E-state index in [0.717, 1.165) is 0 Å². The van der Waals surface area contributed by atoms with E-state index >= 15 is 0 Å². The Morgan fingerprint density at radius 3 is 2.24 bits per heavy atom. The highest BCUT2D eigenvalue weighted by Crippen LogP contribution is 2.38. The molecule has 0 aromatic heterocycles. The lowest BCUT2D eigenvalue weighted by atomic mass is 9.99. The maximum Gasteiger partial charge on any atom is 0.339 e. The van der Waals surface area contributed by atoms with E-state index < -0.39 is 18.5 Å². The Balaban J connectivity index is 2.06. The summed E-state index contributed by atoms with van der Waals surface area (Å²) in [6.45, 7) is 1.96. The highest BCUT2D eigenvalue weighted by Gasteiger charge is 2.32. The van der Waals surface area contributed by atoms with Crippen LogP contribution in [0.15, 0.2) is 12.1 Å². The third kappa shape index (κ3) is 2.60. The van der Waals surface area contributed by atoms with E-state index in [1.807, 2.05) is 0 Å². The molecule has 2 aliphatic rings. The van der Waals surface area contributed by atoms with Gasteiger partial charge in [-0.3, -0.25) is 0 Å². The van der Waals surface area contributed by atoms with Gasteiger partial charge >= 0.3 is 5.97 Å². The van der Waals surface area contributed by atoms with Crippen LogP contribution >= 0.6 is 0 Å². The molecule has 3 rings (SSSR count). The predicted molar refractivity (Wildman–Crippen MR) is 71.5 cm³/mol. The standard InChI is InChI=1S/C14H17NO6/c1-17-12(16)9-3-2-8(13-18-4-5-19-13)10(11(9)15)14-20-6-7-21-14/h2-3,13-14H,4-7,15H2,1H3. The second kappa shape index (κ2) is 5.98. The number of benzene rings is 1. The van der Waals surface area contributed by atoms with Crippen LogP contribution in [0.25, 0.3) is 0 Å². The van der Waals surface area contributed by atoms with Crippen molar-refractivity contribution in [3.63, 3.8) is 0 Å². The molecule has 21 heavy (non-hydrogen) atoms. The lowest BCUT2D eigenvalue weighted by Gasteiger charge is -2.21. The minimum atomic E-state index is -0.627. The van der Waals surface area contributed by atoms with E-state index in [2.05, 4.69) is 0 Å². The van der Waals surface area contributed by atoms with E-state index in [9.17, 15) is 4.79 Å². The number of carbonyl (C=O) groups is 1. The van der Waals surface area contributed by atoms with Gasteiger partial charge in [0.25, 0.3) is 0 Å². The third-order valence-electron chi connectivity index (χ3n) is 3.46. The minimum Gasteiger partial charge on any atom is -0.465 e. The fourth-order valence-electron chi connectivity index (χ4n) is 2.47. The summed E-state index contributed by atoms with van der Waals surface area (Å²) in [6, 6.07) is 3.33. The van der Waals surface area contributed by atoms with Crippen molar-refractivity contribution in [2.75, 3.05) is 39.3 Å². The lowest BCUT2D eigenvalue weighted by molar-refractivity contribution is -0.0633. The van der Waals surface area contributed by atoms with Gasteiger partial charge in [0, 0.05) is 11.1 Å². The normalized spacial score (nSPS) is 20.0. The van der Waals surface area contributed by atoms with Gasteiger partial charge in [-0.15, -0.1) is 0 Å². The van der Waals surface area contributed by atoms with Crippen molar-refractivity contribution < 1.29 is 28.5 Å². The number of carbonyl (C=O) groups excluding carboxylic acids is 1. The average molecular weight is 295 g/mol. The smallest absolute Gasteiger partial charge is 0.339 e. The number of nitrogens with two attached hydrogens (primary N) is 1. The third-order valence-corrected chi connectivity index (χ3v) is 3.46. The first-order chi connectivity index (χ1) is 10.2. The molecule has 0 aliphatic carbocycles. The van der Waals surface area contributed by atoms with Crippen molar-refractivity contribution in [2.24, 2.45) is 0 Å². The Hall–Kier alpha value is -1.67. The molecule has 0 radical (unpaired) electrons. The number of esters is 1. The maximum atomic E-state index is 11.8. The van der Waals surface area contributed by atoms with Gasteiger partial charge in [-0.05, 0) is 6.07 Å². The van der Waals surface area contributed by atoms with E-state index in [1.165, 1.54) is 7.11 Å². The van der Waals surface area contributed by atoms with Gasteiger partial charge in [0.1, 0.15) is 0 Å². The Labute approximate surface area is 121 Å². The van der Waals surface area contributed by atoms with Crippen molar-refractivity contribution in [3.05, 3.63) is 28.8 Å². The SMILES string of the molecule is COC(=O)c1ccc(C2OCCO2)c(C2OCCO2)c1N. The minimum absolute atomic E-state index is 0.269. The fraction of sp³-hybridized carbons (Fsp3) is 0.500. The molecule has 0 saturated carbocycles. The molecule has 0 atom stereocenters. The van der Waals surface area contributed by atoms with Crippen LogP contribution < -0.4 is 5.73 Å². The molecule has 2 heterocycles. The Bertz CT molecular complexity index is 535. The van der Waals surface area contributed by atoms with E-state index in [1.54, 1.807) is 12.1 Å². The highest BCUT2D eigenvalue weighted by atomic mass is 16.7. The van der Waals surface area contributed by atoms with Crippen LogP contribution in [0, 0.1) is 0 Å². The average Bonchev–Trinajstić information content (AvgIpc) is 3.19. The van der Waals surface area contributed by atoms with Crippen LogP contribution in [0.1, 0.15) is 34.1 Å². The van der Waals surface area contributed by atoms with Crippen molar-refractivity contribution in [1.29, 1.82) is 0 Å². The zero-order valence-electron chi connectivity index (χ0n) is 11.7. The molecule has 2 fully saturated rings. The summed E-state index contributed by atoms with van der Waals surface area (Å²) in [5.41, 5.74) is 7.96. The fourth-order valence-corrected chi connectivity index (χ4v) is 2.47. The Morgan fingerprint density at radius 2 is 1.67 bits per heavy atom. The summed E-state index contributed by atoms with van der Waals surface area (Å²) in [7, 11) is 1.31. The molecule has 0 unspecified atom stereocenters. The number of hydrogen-bond donors (Lipinski definition) is 1. The predicted octanol–water partition coefficient (Wildman–Crippen LogP) is 1.15. The molecular formula is C14H17NO6. The molecular weight excluding hydrogens is 278 g/mol. The number of hydrogen-bond acceptors (Lipinski definition) is 7. The Kier molecular flexibility index (Phi) is 4.07. The molecule has 0 amide bonds. The van der Waals surface area contributed by atoms with E-state index in [-0.39, 0.29) is 11.3 Å². The molecule has 2 N–H and O–H groups in total. The topological polar surface area (TPSA) is 89.2 Å². The van der Waals surface area contributed by atoms with E-state index in [4.69, 9.17) is 29.4 Å². The second-order valence-corrected chi connectivity index (χ2v) is 4.67. The zero-order valence-corrected chi connectivity index (χ0v) is 11.7. The number of ether oxygens (including phenoxy) is 5. The highest BCUT2D eigenvalue weighted by molar-refractivity contribution is 5.96. The van der Waals surface area contributed by atoms with Crippen molar-refractivity contribution >= 4 is 11.7 Å². The van der Waals surface area contributed by atoms with Gasteiger partial charge in [-0.1, -0.05) is 6.07 Å². The Morgan fingerprint density at radius 1 is 1.10 bits per heavy atom. The van der Waals surface area contributed by atoms with Crippen LogP contribution in [-0.2, 0) is 23.7 Å². The molecule has 7 heteroatoms. The summed E-state index contributed by atoms with van der Waals surface area (Å²) in [5, 5.41) is 0.